The Morgan fingerprint density at radius 3 is 2.47 bits per heavy atom. The Labute approximate surface area is 214 Å². The average molecular weight is 512 g/mol. The summed E-state index contributed by atoms with van der Waals surface area (Å²) in [6, 6.07) is 21.6. The fourth-order valence-corrected chi connectivity index (χ4v) is 5.43. The molecule has 4 aromatic heterocycles. The molecule has 0 spiro atoms. The monoisotopic (exact) mass is 511 g/mol. The lowest BCUT2D eigenvalue weighted by Gasteiger charge is -2.09. The van der Waals surface area contributed by atoms with E-state index in [0.717, 1.165) is 33.1 Å². The number of rotatable bonds is 6. The molecule has 0 saturated heterocycles. The smallest absolute Gasteiger partial charge is 0.291 e. The van der Waals surface area contributed by atoms with Crippen LogP contribution in [-0.2, 0) is 0 Å². The molecule has 4 heterocycles. The number of aromatic nitrogens is 5. The van der Waals surface area contributed by atoms with Crippen LogP contribution in [0.1, 0.15) is 19.4 Å². The maximum absolute atomic E-state index is 13.2. The first-order valence-corrected chi connectivity index (χ1v) is 13.1. The molecule has 7 nitrogen and oxygen atoms in total. The number of ether oxygens (including phenoxy) is 1. The van der Waals surface area contributed by atoms with Crippen molar-refractivity contribution in [2.75, 3.05) is 0 Å². The molecular formula is C27H21N5O2S2. The van der Waals surface area contributed by atoms with E-state index in [9.17, 15) is 4.79 Å². The molecule has 2 aromatic carbocycles. The van der Waals surface area contributed by atoms with Gasteiger partial charge in [-0.2, -0.15) is 14.6 Å². The van der Waals surface area contributed by atoms with E-state index >= 15 is 0 Å². The quantitative estimate of drug-likeness (QED) is 0.312. The van der Waals surface area contributed by atoms with Gasteiger partial charge in [0, 0.05) is 17.3 Å². The molecule has 0 radical (unpaired) electrons. The fraction of sp³-hybridized carbons (Fsp3) is 0.111. The minimum Gasteiger partial charge on any atom is -0.491 e. The van der Waals surface area contributed by atoms with Gasteiger partial charge in [0.1, 0.15) is 11.4 Å². The fourth-order valence-electron chi connectivity index (χ4n) is 3.88. The van der Waals surface area contributed by atoms with Gasteiger partial charge in [-0.05, 0) is 67.8 Å². The summed E-state index contributed by atoms with van der Waals surface area (Å²) < 4.78 is 9.55. The molecule has 6 rings (SSSR count). The molecule has 0 unspecified atom stereocenters. The highest BCUT2D eigenvalue weighted by molar-refractivity contribution is 7.15. The van der Waals surface area contributed by atoms with Crippen LogP contribution in [0.2, 0.25) is 0 Å². The zero-order chi connectivity index (χ0) is 24.6. The minimum atomic E-state index is -0.190. The highest BCUT2D eigenvalue weighted by Gasteiger charge is 2.15. The van der Waals surface area contributed by atoms with Gasteiger partial charge >= 0.3 is 0 Å². The largest absolute Gasteiger partial charge is 0.491 e. The molecule has 0 N–H and O–H groups in total. The van der Waals surface area contributed by atoms with Crippen molar-refractivity contribution < 1.29 is 4.74 Å². The highest BCUT2D eigenvalue weighted by atomic mass is 32.1. The van der Waals surface area contributed by atoms with E-state index in [4.69, 9.17) is 9.84 Å². The summed E-state index contributed by atoms with van der Waals surface area (Å²) in [6.07, 6.45) is 3.91. The second kappa shape index (κ2) is 9.18. The van der Waals surface area contributed by atoms with Crippen LogP contribution in [0.4, 0.5) is 0 Å². The van der Waals surface area contributed by atoms with Crippen LogP contribution in [0.3, 0.4) is 0 Å². The first-order valence-electron chi connectivity index (χ1n) is 11.4. The molecule has 178 valence electrons. The molecule has 0 fully saturated rings. The summed E-state index contributed by atoms with van der Waals surface area (Å²) in [6.45, 7) is 4.00. The molecule has 0 amide bonds. The van der Waals surface area contributed by atoms with Gasteiger partial charge in [-0.1, -0.05) is 35.6 Å². The van der Waals surface area contributed by atoms with Crippen LogP contribution in [-0.4, -0.2) is 30.5 Å². The zero-order valence-corrected chi connectivity index (χ0v) is 21.2. The standard InChI is InChI=1S/C27H21N5O2S2/c1-17(2)34-21-12-10-18(11-13-21)24-19(16-31(29-24)20-7-4-3-5-8-20)15-23-26(33)32-27(36-23)28-25(30-32)22-9-6-14-35-22/h3-17H,1-2H3/b23-15+. The second-order valence-corrected chi connectivity index (χ2v) is 10.4. The molecule has 0 aliphatic carbocycles. The molecule has 0 bridgehead atoms. The molecule has 0 atom stereocenters. The molecule has 0 aliphatic rings. The third kappa shape index (κ3) is 4.23. The predicted molar refractivity (Wildman–Crippen MR) is 144 cm³/mol. The number of thiophene rings is 1. The number of hydrogen-bond donors (Lipinski definition) is 0. The van der Waals surface area contributed by atoms with E-state index in [2.05, 4.69) is 10.1 Å². The van der Waals surface area contributed by atoms with Gasteiger partial charge in [-0.3, -0.25) is 4.79 Å². The topological polar surface area (TPSA) is 74.3 Å². The van der Waals surface area contributed by atoms with Crippen LogP contribution in [0, 0.1) is 0 Å². The van der Waals surface area contributed by atoms with Crippen molar-refractivity contribution in [2.45, 2.75) is 20.0 Å². The number of benzene rings is 2. The minimum absolute atomic E-state index is 0.0965. The molecule has 0 saturated carbocycles. The van der Waals surface area contributed by atoms with Crippen molar-refractivity contribution in [1.82, 2.24) is 24.4 Å². The van der Waals surface area contributed by atoms with E-state index in [1.165, 1.54) is 15.9 Å². The number of nitrogens with zero attached hydrogens (tertiary/aromatic N) is 5. The maximum Gasteiger partial charge on any atom is 0.291 e. The molecule has 6 aromatic rings. The summed E-state index contributed by atoms with van der Waals surface area (Å²) in [5, 5.41) is 11.3. The van der Waals surface area contributed by atoms with Gasteiger partial charge in [0.05, 0.1) is 21.2 Å². The number of thiazole rings is 1. The van der Waals surface area contributed by atoms with Crippen molar-refractivity contribution in [3.05, 3.63) is 98.8 Å². The van der Waals surface area contributed by atoms with Gasteiger partial charge in [0.15, 0.2) is 5.82 Å². The van der Waals surface area contributed by atoms with Gasteiger partial charge in [0.2, 0.25) is 4.96 Å². The lowest BCUT2D eigenvalue weighted by molar-refractivity contribution is 0.242. The third-order valence-electron chi connectivity index (χ3n) is 5.47. The van der Waals surface area contributed by atoms with Gasteiger partial charge in [-0.25, -0.2) is 4.68 Å². The molecule has 9 heteroatoms. The van der Waals surface area contributed by atoms with E-state index in [0.29, 0.717) is 15.3 Å². The van der Waals surface area contributed by atoms with Crippen LogP contribution < -0.4 is 14.8 Å². The van der Waals surface area contributed by atoms with E-state index in [-0.39, 0.29) is 11.7 Å². The SMILES string of the molecule is CC(C)Oc1ccc(-c2nn(-c3ccccc3)cc2/C=c2/sc3nc(-c4cccs4)nn3c2=O)cc1. The van der Waals surface area contributed by atoms with Crippen molar-refractivity contribution in [3.8, 4) is 33.4 Å². The normalized spacial score (nSPS) is 12.1. The molecule has 36 heavy (non-hydrogen) atoms. The zero-order valence-electron chi connectivity index (χ0n) is 19.5. The van der Waals surface area contributed by atoms with Crippen LogP contribution in [0.5, 0.6) is 5.75 Å². The lowest BCUT2D eigenvalue weighted by Crippen LogP contribution is -2.23. The number of fused-ring (bicyclic) bond motifs is 1. The van der Waals surface area contributed by atoms with Crippen molar-refractivity contribution >= 4 is 33.7 Å². The third-order valence-corrected chi connectivity index (χ3v) is 7.30. The first kappa shape index (κ1) is 22.4. The molecule has 0 aliphatic heterocycles. The van der Waals surface area contributed by atoms with Crippen LogP contribution in [0.15, 0.2) is 83.1 Å². The summed E-state index contributed by atoms with van der Waals surface area (Å²) >= 11 is 2.87. The van der Waals surface area contributed by atoms with Crippen molar-refractivity contribution in [1.29, 1.82) is 0 Å². The summed E-state index contributed by atoms with van der Waals surface area (Å²) in [5.74, 6) is 1.37. The Morgan fingerprint density at radius 2 is 1.78 bits per heavy atom. The summed E-state index contributed by atoms with van der Waals surface area (Å²) in [7, 11) is 0. The average Bonchev–Trinajstić information content (AvgIpc) is 3.67. The van der Waals surface area contributed by atoms with Crippen LogP contribution >= 0.6 is 22.7 Å². The first-order chi connectivity index (χ1) is 17.5. The van der Waals surface area contributed by atoms with E-state index < -0.39 is 0 Å². The second-order valence-electron chi connectivity index (χ2n) is 8.43. The van der Waals surface area contributed by atoms with Crippen molar-refractivity contribution in [2.24, 2.45) is 0 Å². The Bertz CT molecular complexity index is 1750. The summed E-state index contributed by atoms with van der Waals surface area (Å²) in [4.78, 5) is 19.3. The maximum atomic E-state index is 13.2. The summed E-state index contributed by atoms with van der Waals surface area (Å²) in [5.41, 5.74) is 3.27. The highest BCUT2D eigenvalue weighted by Crippen LogP contribution is 2.27. The van der Waals surface area contributed by atoms with E-state index in [1.54, 1.807) is 11.3 Å². The number of para-hydroxylation sites is 1. The predicted octanol–water partition coefficient (Wildman–Crippen LogP) is 5.07. The van der Waals surface area contributed by atoms with E-state index in [1.807, 2.05) is 103 Å². The number of hydrogen-bond acceptors (Lipinski definition) is 7. The Kier molecular flexibility index (Phi) is 5.71. The van der Waals surface area contributed by atoms with Crippen molar-refractivity contribution in [3.63, 3.8) is 0 Å². The van der Waals surface area contributed by atoms with Gasteiger partial charge in [-0.15, -0.1) is 16.4 Å². The lowest BCUT2D eigenvalue weighted by atomic mass is 10.1. The van der Waals surface area contributed by atoms with Crippen LogP contribution in [0.25, 0.3) is 38.7 Å². The Hall–Kier alpha value is -4.08. The molecular weight excluding hydrogens is 490 g/mol. The van der Waals surface area contributed by atoms with Gasteiger partial charge in [0.25, 0.3) is 5.56 Å². The van der Waals surface area contributed by atoms with Gasteiger partial charge < -0.3 is 4.74 Å². The Balaban J connectivity index is 1.46. The Morgan fingerprint density at radius 1 is 0.972 bits per heavy atom.